The molecule has 2 aliphatic rings. The molecule has 2 saturated carbocycles. The van der Waals surface area contributed by atoms with E-state index in [2.05, 4.69) is 28.9 Å². The molecule has 0 radical (unpaired) electrons. The van der Waals surface area contributed by atoms with Crippen LogP contribution in [0.15, 0.2) is 57.3 Å². The molecule has 27 heavy (non-hydrogen) atoms. The maximum atomic E-state index is 12.8. The zero-order valence-corrected chi connectivity index (χ0v) is 16.5. The Morgan fingerprint density at radius 2 is 1.93 bits per heavy atom. The Hall–Kier alpha value is -1.96. The first-order chi connectivity index (χ1) is 13.0. The van der Waals surface area contributed by atoms with Crippen LogP contribution >= 0.6 is 11.3 Å². The SMILES string of the molecule is C[C@H]1[C@H](NS(=O)(=O)c2ccc(-c3cc(C4CC4)on3)s2)[C@H]1c1ccccc1. The number of benzene rings is 1. The first kappa shape index (κ1) is 17.2. The Kier molecular flexibility index (Phi) is 4.00. The van der Waals surface area contributed by atoms with E-state index in [9.17, 15) is 8.42 Å². The highest BCUT2D eigenvalue weighted by Crippen LogP contribution is 2.48. The minimum absolute atomic E-state index is 0.0588. The lowest BCUT2D eigenvalue weighted by Crippen LogP contribution is -2.27. The fourth-order valence-corrected chi connectivity index (χ4v) is 6.26. The smallest absolute Gasteiger partial charge is 0.250 e. The third-order valence-corrected chi connectivity index (χ3v) is 8.52. The van der Waals surface area contributed by atoms with Crippen molar-refractivity contribution in [2.45, 2.75) is 41.9 Å². The van der Waals surface area contributed by atoms with E-state index in [0.717, 1.165) is 23.5 Å². The summed E-state index contributed by atoms with van der Waals surface area (Å²) in [6.45, 7) is 2.08. The highest BCUT2D eigenvalue weighted by atomic mass is 32.2. The molecule has 0 unspecified atom stereocenters. The molecule has 2 fully saturated rings. The van der Waals surface area contributed by atoms with Gasteiger partial charge in [0.15, 0.2) is 0 Å². The van der Waals surface area contributed by atoms with E-state index < -0.39 is 10.0 Å². The van der Waals surface area contributed by atoms with Crippen molar-refractivity contribution in [2.75, 3.05) is 0 Å². The zero-order valence-electron chi connectivity index (χ0n) is 14.8. The molecular formula is C20H20N2O3S2. The molecule has 7 heteroatoms. The van der Waals surface area contributed by atoms with E-state index in [1.54, 1.807) is 12.1 Å². The molecule has 2 aromatic heterocycles. The average molecular weight is 401 g/mol. The Bertz CT molecular complexity index is 1070. The van der Waals surface area contributed by atoms with E-state index in [0.29, 0.717) is 21.7 Å². The second-order valence-electron chi connectivity index (χ2n) is 7.45. The minimum atomic E-state index is -3.55. The van der Waals surface area contributed by atoms with Crippen LogP contribution in [0.4, 0.5) is 0 Å². The predicted molar refractivity (Wildman–Crippen MR) is 104 cm³/mol. The molecular weight excluding hydrogens is 380 g/mol. The van der Waals surface area contributed by atoms with Crippen LogP contribution in [0.2, 0.25) is 0 Å². The molecule has 1 N–H and O–H groups in total. The van der Waals surface area contributed by atoms with Crippen molar-refractivity contribution in [2.24, 2.45) is 5.92 Å². The van der Waals surface area contributed by atoms with Gasteiger partial charge in [0, 0.05) is 23.9 Å². The van der Waals surface area contributed by atoms with Crippen LogP contribution in [0.3, 0.4) is 0 Å². The number of sulfonamides is 1. The lowest BCUT2D eigenvalue weighted by Gasteiger charge is -2.04. The van der Waals surface area contributed by atoms with Crippen molar-refractivity contribution in [1.82, 2.24) is 9.88 Å². The molecule has 3 atom stereocenters. The predicted octanol–water partition coefficient (Wildman–Crippen LogP) is 4.36. The molecule has 140 valence electrons. The van der Waals surface area contributed by atoms with Gasteiger partial charge in [-0.2, -0.15) is 0 Å². The van der Waals surface area contributed by atoms with Gasteiger partial charge in [-0.05, 0) is 36.5 Å². The minimum Gasteiger partial charge on any atom is -0.360 e. The molecule has 5 nitrogen and oxygen atoms in total. The third-order valence-electron chi connectivity index (χ3n) is 5.46. The van der Waals surface area contributed by atoms with Crippen LogP contribution in [0.25, 0.3) is 10.6 Å². The number of hydrogen-bond acceptors (Lipinski definition) is 5. The van der Waals surface area contributed by atoms with Crippen molar-refractivity contribution >= 4 is 21.4 Å². The number of nitrogens with zero attached hydrogens (tertiary/aromatic N) is 1. The first-order valence-corrected chi connectivity index (χ1v) is 11.5. The summed E-state index contributed by atoms with van der Waals surface area (Å²) in [7, 11) is -3.55. The summed E-state index contributed by atoms with van der Waals surface area (Å²) < 4.78 is 34.2. The van der Waals surface area contributed by atoms with Crippen molar-refractivity contribution in [3.63, 3.8) is 0 Å². The van der Waals surface area contributed by atoms with E-state index in [4.69, 9.17) is 4.52 Å². The van der Waals surface area contributed by atoms with Crippen LogP contribution in [0, 0.1) is 5.92 Å². The van der Waals surface area contributed by atoms with Crippen LogP contribution in [-0.4, -0.2) is 19.6 Å². The van der Waals surface area contributed by atoms with Crippen molar-refractivity contribution in [3.8, 4) is 10.6 Å². The van der Waals surface area contributed by atoms with E-state index in [1.165, 1.54) is 16.9 Å². The van der Waals surface area contributed by atoms with Crippen LogP contribution in [0.5, 0.6) is 0 Å². The molecule has 0 bridgehead atoms. The summed E-state index contributed by atoms with van der Waals surface area (Å²) in [6, 6.07) is 15.4. The molecule has 2 aliphatic carbocycles. The average Bonchev–Trinajstić information content (AvgIpc) is 3.45. The molecule has 0 amide bonds. The third kappa shape index (κ3) is 3.24. The molecule has 2 heterocycles. The lowest BCUT2D eigenvalue weighted by atomic mass is 10.1. The normalized spacial score (nSPS) is 24.9. The van der Waals surface area contributed by atoms with Crippen LogP contribution < -0.4 is 4.72 Å². The van der Waals surface area contributed by atoms with Gasteiger partial charge in [-0.1, -0.05) is 42.4 Å². The van der Waals surface area contributed by atoms with Gasteiger partial charge in [0.05, 0.1) is 4.88 Å². The highest BCUT2D eigenvalue weighted by Gasteiger charge is 2.49. The van der Waals surface area contributed by atoms with Crippen molar-refractivity contribution in [1.29, 1.82) is 0 Å². The lowest BCUT2D eigenvalue weighted by molar-refractivity contribution is 0.386. The van der Waals surface area contributed by atoms with Gasteiger partial charge in [0.1, 0.15) is 15.7 Å². The number of hydrogen-bond donors (Lipinski definition) is 1. The summed E-state index contributed by atoms with van der Waals surface area (Å²) in [5, 5.41) is 4.10. The summed E-state index contributed by atoms with van der Waals surface area (Å²) in [6.07, 6.45) is 2.29. The fourth-order valence-electron chi connectivity index (χ4n) is 3.63. The van der Waals surface area contributed by atoms with Crippen LogP contribution in [0.1, 0.15) is 42.9 Å². The van der Waals surface area contributed by atoms with Crippen molar-refractivity contribution in [3.05, 3.63) is 59.9 Å². The fraction of sp³-hybridized carbons (Fsp3) is 0.350. The Morgan fingerprint density at radius 3 is 2.67 bits per heavy atom. The van der Waals surface area contributed by atoms with Gasteiger partial charge in [-0.15, -0.1) is 11.3 Å². The molecule has 3 aromatic rings. The van der Waals surface area contributed by atoms with Gasteiger partial charge in [-0.25, -0.2) is 13.1 Å². The largest absolute Gasteiger partial charge is 0.360 e. The van der Waals surface area contributed by atoms with Gasteiger partial charge < -0.3 is 4.52 Å². The summed E-state index contributed by atoms with van der Waals surface area (Å²) >= 11 is 1.23. The Morgan fingerprint density at radius 1 is 1.15 bits per heavy atom. The van der Waals surface area contributed by atoms with E-state index >= 15 is 0 Å². The maximum absolute atomic E-state index is 12.8. The number of aromatic nitrogens is 1. The maximum Gasteiger partial charge on any atom is 0.250 e. The standard InChI is InChI=1S/C20H20N2O3S2/c1-12-19(14-5-3-2-4-6-14)20(12)22-27(23,24)18-10-9-17(26-18)15-11-16(25-21-15)13-7-8-13/h2-6,9-13,19-20,22H,7-8H2,1H3/t12-,19-,20+/m1/s1. The molecule has 0 spiro atoms. The zero-order chi connectivity index (χ0) is 18.6. The van der Waals surface area contributed by atoms with Gasteiger partial charge in [0.25, 0.3) is 0 Å². The quantitative estimate of drug-likeness (QED) is 0.667. The second-order valence-corrected chi connectivity index (χ2v) is 10.5. The summed E-state index contributed by atoms with van der Waals surface area (Å²) in [4.78, 5) is 0.814. The van der Waals surface area contributed by atoms with Gasteiger partial charge in [-0.3, -0.25) is 0 Å². The molecule has 0 saturated heterocycles. The summed E-state index contributed by atoms with van der Waals surface area (Å²) in [5.41, 5.74) is 1.89. The molecule has 0 aliphatic heterocycles. The first-order valence-electron chi connectivity index (χ1n) is 9.17. The van der Waals surface area contributed by atoms with Gasteiger partial charge in [0.2, 0.25) is 10.0 Å². The second kappa shape index (κ2) is 6.29. The summed E-state index contributed by atoms with van der Waals surface area (Å²) in [5.74, 6) is 1.91. The number of rotatable bonds is 6. The molecule has 1 aromatic carbocycles. The van der Waals surface area contributed by atoms with Crippen molar-refractivity contribution < 1.29 is 12.9 Å². The Balaban J connectivity index is 1.33. The molecule has 5 rings (SSSR count). The highest BCUT2D eigenvalue weighted by molar-refractivity contribution is 7.91. The number of thiophene rings is 1. The number of nitrogens with one attached hydrogen (secondary N) is 1. The topological polar surface area (TPSA) is 72.2 Å². The Labute approximate surface area is 162 Å². The monoisotopic (exact) mass is 400 g/mol. The van der Waals surface area contributed by atoms with Crippen LogP contribution in [-0.2, 0) is 10.0 Å². The van der Waals surface area contributed by atoms with Gasteiger partial charge >= 0.3 is 0 Å². The van der Waals surface area contributed by atoms with E-state index in [1.807, 2.05) is 24.3 Å². The van der Waals surface area contributed by atoms with E-state index in [-0.39, 0.29) is 12.0 Å².